The van der Waals surface area contributed by atoms with E-state index in [1.165, 1.54) is 37.9 Å². The molecule has 1 aliphatic heterocycles. The van der Waals surface area contributed by atoms with Crippen LogP contribution in [0.1, 0.15) is 42.5 Å². The van der Waals surface area contributed by atoms with Gasteiger partial charge in [0, 0.05) is 23.1 Å². The largest absolute Gasteiger partial charge is 0.465 e. The zero-order valence-corrected chi connectivity index (χ0v) is 16.7. The number of benzene rings is 1. The standard InChI is InChI=1S/C20H25NO3S2/c1-24-19(23)13-5-7-17(8-6-13)21-18(22)14-11-15-3-2-4-16(12-14)20(15)25-9-10-26-20/h5-8,14-16H,2-4,9-12H2,1H3,(H,21,22)/t15-,16-/m1/s1. The van der Waals surface area contributed by atoms with Gasteiger partial charge >= 0.3 is 5.97 Å². The third-order valence-corrected chi connectivity index (χ3v) is 10.1. The van der Waals surface area contributed by atoms with Gasteiger partial charge in [0.05, 0.1) is 16.8 Å². The summed E-state index contributed by atoms with van der Waals surface area (Å²) in [6.45, 7) is 0. The molecule has 140 valence electrons. The van der Waals surface area contributed by atoms with Gasteiger partial charge in [-0.05, 0) is 61.8 Å². The number of hydrogen-bond acceptors (Lipinski definition) is 5. The summed E-state index contributed by atoms with van der Waals surface area (Å²) in [5.74, 6) is 3.76. The zero-order chi connectivity index (χ0) is 18.1. The van der Waals surface area contributed by atoms with Crippen LogP contribution in [0.2, 0.25) is 0 Å². The van der Waals surface area contributed by atoms with Crippen molar-refractivity contribution in [3.05, 3.63) is 29.8 Å². The SMILES string of the molecule is COC(=O)c1ccc(NC(=O)C2C[C@H]3CCC[C@H](C2)C32SCCS2)cc1. The first kappa shape index (κ1) is 18.2. The third kappa shape index (κ3) is 3.26. The molecule has 1 spiro atoms. The molecule has 2 atom stereocenters. The van der Waals surface area contributed by atoms with Gasteiger partial charge in [-0.1, -0.05) is 6.42 Å². The number of carbonyl (C=O) groups excluding carboxylic acids is 2. The van der Waals surface area contributed by atoms with E-state index < -0.39 is 0 Å². The average Bonchev–Trinajstić information content (AvgIpc) is 3.11. The van der Waals surface area contributed by atoms with E-state index in [1.807, 2.05) is 0 Å². The fourth-order valence-corrected chi connectivity index (χ4v) is 8.81. The molecule has 2 bridgehead atoms. The van der Waals surface area contributed by atoms with Gasteiger partial charge in [-0.2, -0.15) is 0 Å². The fourth-order valence-electron chi connectivity index (χ4n) is 4.88. The summed E-state index contributed by atoms with van der Waals surface area (Å²) in [6.07, 6.45) is 5.90. The Bertz CT molecular complexity index is 669. The molecule has 3 fully saturated rings. The van der Waals surface area contributed by atoms with Gasteiger partial charge in [0.1, 0.15) is 0 Å². The van der Waals surface area contributed by atoms with Crippen LogP contribution in [0.25, 0.3) is 0 Å². The number of anilines is 1. The van der Waals surface area contributed by atoms with E-state index in [1.54, 1.807) is 24.3 Å². The molecule has 4 nitrogen and oxygen atoms in total. The van der Waals surface area contributed by atoms with Crippen LogP contribution >= 0.6 is 23.5 Å². The van der Waals surface area contributed by atoms with E-state index in [0.29, 0.717) is 21.5 Å². The Morgan fingerprint density at radius 3 is 2.27 bits per heavy atom. The second kappa shape index (κ2) is 7.47. The minimum Gasteiger partial charge on any atom is -0.465 e. The van der Waals surface area contributed by atoms with Crippen molar-refractivity contribution in [3.63, 3.8) is 0 Å². The first-order chi connectivity index (χ1) is 12.6. The molecular formula is C20H25NO3S2. The van der Waals surface area contributed by atoms with Gasteiger partial charge in [-0.15, -0.1) is 23.5 Å². The number of ether oxygens (including phenoxy) is 1. The number of thioether (sulfide) groups is 2. The Balaban J connectivity index is 1.42. The van der Waals surface area contributed by atoms with E-state index >= 15 is 0 Å². The van der Waals surface area contributed by atoms with Gasteiger partial charge < -0.3 is 10.1 Å². The fraction of sp³-hybridized carbons (Fsp3) is 0.600. The molecule has 4 rings (SSSR count). The normalized spacial score (nSPS) is 29.3. The number of hydrogen-bond donors (Lipinski definition) is 1. The summed E-state index contributed by atoms with van der Waals surface area (Å²) in [5.41, 5.74) is 1.24. The van der Waals surface area contributed by atoms with Crippen molar-refractivity contribution in [1.29, 1.82) is 0 Å². The summed E-state index contributed by atoms with van der Waals surface area (Å²) >= 11 is 4.34. The predicted octanol–water partition coefficient (Wildman–Crippen LogP) is 4.41. The number of amides is 1. The summed E-state index contributed by atoms with van der Waals surface area (Å²) in [6, 6.07) is 6.94. The molecule has 1 amide bonds. The van der Waals surface area contributed by atoms with E-state index in [-0.39, 0.29) is 17.8 Å². The zero-order valence-electron chi connectivity index (χ0n) is 15.0. The molecule has 1 N–H and O–H groups in total. The average molecular weight is 392 g/mol. The Kier molecular flexibility index (Phi) is 5.24. The van der Waals surface area contributed by atoms with E-state index in [9.17, 15) is 9.59 Å². The smallest absolute Gasteiger partial charge is 0.337 e. The van der Waals surface area contributed by atoms with Crippen LogP contribution < -0.4 is 5.32 Å². The highest BCUT2D eigenvalue weighted by Crippen LogP contribution is 2.64. The van der Waals surface area contributed by atoms with Crippen molar-refractivity contribution < 1.29 is 14.3 Å². The lowest BCUT2D eigenvalue weighted by Gasteiger charge is -2.52. The van der Waals surface area contributed by atoms with Crippen molar-refractivity contribution in [2.75, 3.05) is 23.9 Å². The quantitative estimate of drug-likeness (QED) is 0.773. The summed E-state index contributed by atoms with van der Waals surface area (Å²) in [4.78, 5) is 24.4. The van der Waals surface area contributed by atoms with Gasteiger partial charge in [-0.25, -0.2) is 4.79 Å². The van der Waals surface area contributed by atoms with Gasteiger partial charge in [-0.3, -0.25) is 4.79 Å². The first-order valence-corrected chi connectivity index (χ1v) is 11.4. The minimum atomic E-state index is -0.361. The Morgan fingerprint density at radius 1 is 1.08 bits per heavy atom. The number of methoxy groups -OCH3 is 1. The predicted molar refractivity (Wildman–Crippen MR) is 108 cm³/mol. The number of esters is 1. The van der Waals surface area contributed by atoms with E-state index in [0.717, 1.165) is 18.5 Å². The van der Waals surface area contributed by atoms with E-state index in [2.05, 4.69) is 28.8 Å². The van der Waals surface area contributed by atoms with Gasteiger partial charge in [0.2, 0.25) is 5.91 Å². The summed E-state index contributed by atoms with van der Waals surface area (Å²) in [5, 5.41) is 3.06. The van der Waals surface area contributed by atoms with Crippen molar-refractivity contribution >= 4 is 41.1 Å². The molecule has 2 saturated carbocycles. The van der Waals surface area contributed by atoms with Gasteiger partial charge in [0.25, 0.3) is 0 Å². The van der Waals surface area contributed by atoms with Crippen LogP contribution in [0, 0.1) is 17.8 Å². The van der Waals surface area contributed by atoms with E-state index in [4.69, 9.17) is 4.74 Å². The highest BCUT2D eigenvalue weighted by Gasteiger charge is 2.55. The molecule has 6 heteroatoms. The number of nitrogens with one attached hydrogen (secondary N) is 1. The molecule has 0 aromatic heterocycles. The summed E-state index contributed by atoms with van der Waals surface area (Å²) in [7, 11) is 1.37. The number of carbonyl (C=O) groups is 2. The summed E-state index contributed by atoms with van der Waals surface area (Å²) < 4.78 is 5.11. The molecule has 0 unspecified atom stereocenters. The first-order valence-electron chi connectivity index (χ1n) is 9.39. The Labute approximate surface area is 163 Å². The topological polar surface area (TPSA) is 55.4 Å². The second-order valence-corrected chi connectivity index (χ2v) is 10.5. The second-order valence-electron chi connectivity index (χ2n) is 7.47. The third-order valence-electron chi connectivity index (χ3n) is 6.06. The van der Waals surface area contributed by atoms with Crippen LogP contribution in [-0.2, 0) is 9.53 Å². The molecule has 1 heterocycles. The molecular weight excluding hydrogens is 366 g/mol. The van der Waals surface area contributed by atoms with Crippen molar-refractivity contribution in [1.82, 2.24) is 0 Å². The monoisotopic (exact) mass is 391 g/mol. The molecule has 1 aromatic carbocycles. The molecule has 1 saturated heterocycles. The van der Waals surface area contributed by atoms with Crippen molar-refractivity contribution in [3.8, 4) is 0 Å². The van der Waals surface area contributed by atoms with Crippen molar-refractivity contribution in [2.45, 2.75) is 36.2 Å². The highest BCUT2D eigenvalue weighted by atomic mass is 32.2. The molecule has 26 heavy (non-hydrogen) atoms. The molecule has 0 radical (unpaired) electrons. The number of rotatable bonds is 3. The maximum Gasteiger partial charge on any atom is 0.337 e. The molecule has 1 aromatic rings. The minimum absolute atomic E-state index is 0.109. The highest BCUT2D eigenvalue weighted by molar-refractivity contribution is 8.21. The molecule has 2 aliphatic carbocycles. The Hall–Kier alpha value is -1.14. The van der Waals surface area contributed by atoms with Crippen LogP contribution in [0.4, 0.5) is 5.69 Å². The Morgan fingerprint density at radius 2 is 1.69 bits per heavy atom. The lowest BCUT2D eigenvalue weighted by molar-refractivity contribution is -0.122. The van der Waals surface area contributed by atoms with Crippen molar-refractivity contribution in [2.24, 2.45) is 17.8 Å². The molecule has 3 aliphatic rings. The van der Waals surface area contributed by atoms with Crippen LogP contribution in [0.3, 0.4) is 0 Å². The van der Waals surface area contributed by atoms with Crippen LogP contribution in [0.15, 0.2) is 24.3 Å². The lowest BCUT2D eigenvalue weighted by atomic mass is 9.67. The maximum atomic E-state index is 12.9. The lowest BCUT2D eigenvalue weighted by Crippen LogP contribution is -2.48. The van der Waals surface area contributed by atoms with Crippen LogP contribution in [-0.4, -0.2) is 34.6 Å². The van der Waals surface area contributed by atoms with Gasteiger partial charge in [0.15, 0.2) is 0 Å². The van der Waals surface area contributed by atoms with Crippen LogP contribution in [0.5, 0.6) is 0 Å². The maximum absolute atomic E-state index is 12.9.